The quantitative estimate of drug-likeness (QED) is 0.290. The van der Waals surface area contributed by atoms with Gasteiger partial charge in [0.05, 0.1) is 11.8 Å². The average Bonchev–Trinajstić information content (AvgIpc) is 2.14. The summed E-state index contributed by atoms with van der Waals surface area (Å²) in [6.07, 6.45) is 2.47. The summed E-state index contributed by atoms with van der Waals surface area (Å²) in [5.41, 5.74) is 9.14. The number of thioether (sulfide) groups is 1. The Morgan fingerprint density at radius 3 is 3.38 bits per heavy atom. The zero-order valence-electron chi connectivity index (χ0n) is 6.88. The first kappa shape index (κ1) is 8.47. The summed E-state index contributed by atoms with van der Waals surface area (Å²) in [7, 11) is 0. The molecule has 0 aromatic carbocycles. The fourth-order valence-corrected chi connectivity index (χ4v) is 2.51. The molecule has 0 N–H and O–H groups in total. The van der Waals surface area contributed by atoms with Gasteiger partial charge in [-0.05, 0) is 11.1 Å². The molecule has 0 spiro atoms. The Balaban J connectivity index is 2.05. The van der Waals surface area contributed by atoms with Crippen LogP contribution in [-0.2, 0) is 4.79 Å². The molecule has 2 rings (SSSR count). The van der Waals surface area contributed by atoms with Crippen molar-refractivity contribution in [1.82, 2.24) is 4.90 Å². The highest BCUT2D eigenvalue weighted by molar-refractivity contribution is 8.00. The predicted molar refractivity (Wildman–Crippen MR) is 49.8 cm³/mol. The number of fused-ring (bicyclic) bond motifs is 1. The number of carbonyl (C=O) groups is 1. The van der Waals surface area contributed by atoms with Crippen molar-refractivity contribution in [2.75, 3.05) is 12.3 Å². The molecule has 0 radical (unpaired) electrons. The second-order valence-corrected chi connectivity index (χ2v) is 4.11. The first-order valence-corrected chi connectivity index (χ1v) is 4.99. The van der Waals surface area contributed by atoms with Crippen LogP contribution in [0, 0.1) is 0 Å². The Labute approximate surface area is 79.4 Å². The van der Waals surface area contributed by atoms with E-state index in [2.05, 4.69) is 10.0 Å². The first-order valence-electron chi connectivity index (χ1n) is 3.94. The largest absolute Gasteiger partial charge is 0.306 e. The Morgan fingerprint density at radius 2 is 2.69 bits per heavy atom. The normalized spacial score (nSPS) is 25.5. The van der Waals surface area contributed by atoms with Crippen molar-refractivity contribution < 1.29 is 4.79 Å². The fraction of sp³-hybridized carbons (Fsp3) is 0.571. The van der Waals surface area contributed by atoms with Crippen LogP contribution in [0.3, 0.4) is 0 Å². The maximum atomic E-state index is 11.0. The monoisotopic (exact) mass is 196 g/mol. The number of rotatable bonds is 2. The molecule has 1 fully saturated rings. The van der Waals surface area contributed by atoms with Crippen LogP contribution in [0.4, 0.5) is 0 Å². The highest BCUT2D eigenvalue weighted by atomic mass is 32.2. The number of amides is 1. The van der Waals surface area contributed by atoms with Crippen molar-refractivity contribution in [2.45, 2.75) is 11.8 Å². The lowest BCUT2D eigenvalue weighted by Gasteiger charge is -2.40. The molecule has 0 aromatic rings. The SMILES string of the molecule is [N-]=[N+]=NCC1=CN2C(=O)C[C@@H]2SC1. The van der Waals surface area contributed by atoms with E-state index in [0.29, 0.717) is 18.3 Å². The van der Waals surface area contributed by atoms with Gasteiger partial charge in [-0.1, -0.05) is 5.11 Å². The van der Waals surface area contributed by atoms with E-state index in [1.807, 2.05) is 6.20 Å². The number of carbonyl (C=O) groups excluding carboxylic acids is 1. The summed E-state index contributed by atoms with van der Waals surface area (Å²) in [6.45, 7) is 0.375. The van der Waals surface area contributed by atoms with Crippen LogP contribution in [0.5, 0.6) is 0 Å². The van der Waals surface area contributed by atoms with Crippen molar-refractivity contribution in [1.29, 1.82) is 0 Å². The van der Waals surface area contributed by atoms with Crippen LogP contribution in [0.25, 0.3) is 10.4 Å². The van der Waals surface area contributed by atoms with Crippen molar-refractivity contribution in [3.05, 3.63) is 22.2 Å². The number of nitrogens with zero attached hydrogens (tertiary/aromatic N) is 4. The maximum absolute atomic E-state index is 11.0. The van der Waals surface area contributed by atoms with Gasteiger partial charge < -0.3 is 4.90 Å². The number of hydrogen-bond donors (Lipinski definition) is 0. The number of β-lactam (4-membered cyclic amide) rings is 1. The molecule has 1 atom stereocenters. The van der Waals surface area contributed by atoms with Crippen LogP contribution in [0.2, 0.25) is 0 Å². The van der Waals surface area contributed by atoms with E-state index in [4.69, 9.17) is 5.53 Å². The Bertz CT molecular complexity index is 320. The van der Waals surface area contributed by atoms with Gasteiger partial charge in [0, 0.05) is 23.4 Å². The first-order chi connectivity index (χ1) is 6.31. The van der Waals surface area contributed by atoms with Crippen LogP contribution in [-0.4, -0.2) is 28.5 Å². The van der Waals surface area contributed by atoms with Crippen molar-refractivity contribution >= 4 is 17.7 Å². The minimum absolute atomic E-state index is 0.163. The predicted octanol–water partition coefficient (Wildman–Crippen LogP) is 1.49. The third kappa shape index (κ3) is 1.50. The average molecular weight is 196 g/mol. The molecule has 1 amide bonds. The van der Waals surface area contributed by atoms with Crippen molar-refractivity contribution in [2.24, 2.45) is 5.11 Å². The standard InChI is InChI=1S/C7H8N4OS/c8-10-9-2-5-3-11-6(12)1-7(11)13-4-5/h3,7H,1-2,4H2/t7-/m0/s1. The molecule has 13 heavy (non-hydrogen) atoms. The van der Waals surface area contributed by atoms with Crippen molar-refractivity contribution in [3.63, 3.8) is 0 Å². The van der Waals surface area contributed by atoms with Gasteiger partial charge in [0.1, 0.15) is 0 Å². The lowest BCUT2D eigenvalue weighted by Crippen LogP contribution is -2.49. The van der Waals surface area contributed by atoms with E-state index in [-0.39, 0.29) is 5.91 Å². The number of azide groups is 1. The molecular weight excluding hydrogens is 188 g/mol. The Hall–Kier alpha value is -1.13. The molecule has 0 unspecified atom stereocenters. The second kappa shape index (κ2) is 3.32. The van der Waals surface area contributed by atoms with Gasteiger partial charge in [0.15, 0.2) is 0 Å². The zero-order chi connectivity index (χ0) is 9.26. The molecule has 2 aliphatic rings. The molecule has 1 saturated heterocycles. The van der Waals surface area contributed by atoms with Gasteiger partial charge in [-0.25, -0.2) is 0 Å². The fourth-order valence-electron chi connectivity index (χ4n) is 1.34. The smallest absolute Gasteiger partial charge is 0.230 e. The van der Waals surface area contributed by atoms with Gasteiger partial charge in [0.2, 0.25) is 5.91 Å². The zero-order valence-corrected chi connectivity index (χ0v) is 7.70. The summed E-state index contributed by atoms with van der Waals surface area (Å²) in [4.78, 5) is 15.4. The molecule has 0 aromatic heterocycles. The van der Waals surface area contributed by atoms with Crippen LogP contribution in [0.15, 0.2) is 16.9 Å². The minimum Gasteiger partial charge on any atom is -0.306 e. The maximum Gasteiger partial charge on any atom is 0.230 e. The minimum atomic E-state index is 0.163. The molecule has 5 nitrogen and oxygen atoms in total. The highest BCUT2D eigenvalue weighted by Gasteiger charge is 2.37. The van der Waals surface area contributed by atoms with E-state index in [1.165, 1.54) is 0 Å². The Morgan fingerprint density at radius 1 is 1.85 bits per heavy atom. The highest BCUT2D eigenvalue weighted by Crippen LogP contribution is 2.35. The topological polar surface area (TPSA) is 69.1 Å². The van der Waals surface area contributed by atoms with E-state index in [1.54, 1.807) is 16.7 Å². The molecule has 0 aliphatic carbocycles. The third-order valence-electron chi connectivity index (χ3n) is 2.07. The van der Waals surface area contributed by atoms with Gasteiger partial charge >= 0.3 is 0 Å². The second-order valence-electron chi connectivity index (χ2n) is 2.95. The summed E-state index contributed by atoms with van der Waals surface area (Å²) in [5, 5.41) is 3.80. The van der Waals surface area contributed by atoms with Gasteiger partial charge in [0.25, 0.3) is 0 Å². The van der Waals surface area contributed by atoms with E-state index in [0.717, 1.165) is 11.3 Å². The summed E-state index contributed by atoms with van der Waals surface area (Å²) in [6, 6.07) is 0. The molecule has 0 bridgehead atoms. The van der Waals surface area contributed by atoms with E-state index >= 15 is 0 Å². The van der Waals surface area contributed by atoms with Gasteiger partial charge in [-0.3, -0.25) is 4.79 Å². The number of hydrogen-bond acceptors (Lipinski definition) is 3. The van der Waals surface area contributed by atoms with Crippen molar-refractivity contribution in [3.8, 4) is 0 Å². The lowest BCUT2D eigenvalue weighted by atomic mass is 10.2. The molecule has 0 saturated carbocycles. The van der Waals surface area contributed by atoms with Gasteiger partial charge in [-0.2, -0.15) is 0 Å². The molecular formula is C7H8N4OS. The van der Waals surface area contributed by atoms with E-state index < -0.39 is 0 Å². The van der Waals surface area contributed by atoms with E-state index in [9.17, 15) is 4.79 Å². The Kier molecular flexibility index (Phi) is 2.16. The summed E-state index contributed by atoms with van der Waals surface area (Å²) in [5.74, 6) is 1.03. The molecule has 2 heterocycles. The molecule has 2 aliphatic heterocycles. The van der Waals surface area contributed by atoms with Crippen LogP contribution < -0.4 is 0 Å². The lowest BCUT2D eigenvalue weighted by molar-refractivity contribution is -0.137. The summed E-state index contributed by atoms with van der Waals surface area (Å²) < 4.78 is 0. The molecule has 68 valence electrons. The van der Waals surface area contributed by atoms with Gasteiger partial charge in [-0.15, -0.1) is 11.8 Å². The molecule has 6 heteroatoms. The third-order valence-corrected chi connectivity index (χ3v) is 3.38. The summed E-state index contributed by atoms with van der Waals surface area (Å²) >= 11 is 1.73. The van der Waals surface area contributed by atoms with Crippen LogP contribution >= 0.6 is 11.8 Å². The van der Waals surface area contributed by atoms with Crippen LogP contribution in [0.1, 0.15) is 6.42 Å².